The van der Waals surface area contributed by atoms with Gasteiger partial charge in [0.2, 0.25) is 0 Å². The second kappa shape index (κ2) is 6.17. The third kappa shape index (κ3) is 3.44. The van der Waals surface area contributed by atoms with Crippen LogP contribution in [0.15, 0.2) is 17.5 Å². The summed E-state index contributed by atoms with van der Waals surface area (Å²) in [6.07, 6.45) is 0. The van der Waals surface area contributed by atoms with Gasteiger partial charge in [-0.05, 0) is 29.7 Å². The summed E-state index contributed by atoms with van der Waals surface area (Å²) in [7, 11) is 0. The number of hydrogen-bond acceptors (Lipinski definition) is 3. The van der Waals surface area contributed by atoms with Crippen LogP contribution in [0.3, 0.4) is 0 Å². The van der Waals surface area contributed by atoms with Crippen molar-refractivity contribution in [1.82, 2.24) is 10.2 Å². The Hall–Kier alpha value is -0.380. The van der Waals surface area contributed by atoms with E-state index >= 15 is 0 Å². The highest BCUT2D eigenvalue weighted by atomic mass is 32.1. The molecule has 0 radical (unpaired) electrons. The van der Waals surface area contributed by atoms with E-state index in [1.807, 2.05) is 11.3 Å². The normalized spacial score (nSPS) is 26.9. The fourth-order valence-corrected chi connectivity index (χ4v) is 4.21. The van der Waals surface area contributed by atoms with Gasteiger partial charge in [-0.2, -0.15) is 0 Å². The largest absolute Gasteiger partial charge is 0.311 e. The number of thiophene rings is 1. The first-order valence-electron chi connectivity index (χ1n) is 7.83. The van der Waals surface area contributed by atoms with E-state index in [1.165, 1.54) is 4.88 Å². The quantitative estimate of drug-likeness (QED) is 0.901. The monoisotopic (exact) mass is 294 g/mol. The molecule has 1 aliphatic rings. The first-order valence-corrected chi connectivity index (χ1v) is 8.71. The molecule has 1 aromatic heterocycles. The average molecular weight is 295 g/mol. The van der Waals surface area contributed by atoms with E-state index < -0.39 is 0 Å². The molecule has 0 aromatic carbocycles. The highest BCUT2D eigenvalue weighted by Gasteiger charge is 2.37. The molecule has 1 fully saturated rings. The smallest absolute Gasteiger partial charge is 0.0468 e. The molecule has 114 valence electrons. The summed E-state index contributed by atoms with van der Waals surface area (Å²) in [4.78, 5) is 4.24. The van der Waals surface area contributed by atoms with Crippen LogP contribution in [0.2, 0.25) is 0 Å². The Labute approximate surface area is 128 Å². The predicted octanol–water partition coefficient (Wildman–Crippen LogP) is 4.15. The Kier molecular flexibility index (Phi) is 4.93. The van der Waals surface area contributed by atoms with Crippen LogP contribution in [-0.2, 0) is 0 Å². The molecule has 3 unspecified atom stereocenters. The fourth-order valence-electron chi connectivity index (χ4n) is 3.19. The van der Waals surface area contributed by atoms with Crippen molar-refractivity contribution in [2.24, 2.45) is 11.3 Å². The van der Waals surface area contributed by atoms with Crippen LogP contribution in [0.1, 0.15) is 52.5 Å². The van der Waals surface area contributed by atoms with Gasteiger partial charge in [0.15, 0.2) is 0 Å². The molecule has 0 saturated carbocycles. The molecule has 2 nitrogen and oxygen atoms in total. The Morgan fingerprint density at radius 3 is 2.55 bits per heavy atom. The summed E-state index contributed by atoms with van der Waals surface area (Å²) in [6, 6.07) is 6.21. The highest BCUT2D eigenvalue weighted by molar-refractivity contribution is 7.10. The molecule has 1 saturated heterocycles. The van der Waals surface area contributed by atoms with Gasteiger partial charge in [0, 0.05) is 36.1 Å². The lowest BCUT2D eigenvalue weighted by Gasteiger charge is -2.48. The van der Waals surface area contributed by atoms with Crippen molar-refractivity contribution >= 4 is 11.3 Å². The van der Waals surface area contributed by atoms with Crippen molar-refractivity contribution in [3.8, 4) is 0 Å². The minimum Gasteiger partial charge on any atom is -0.311 e. The first kappa shape index (κ1) is 16.0. The van der Waals surface area contributed by atoms with Crippen LogP contribution < -0.4 is 5.32 Å². The van der Waals surface area contributed by atoms with Gasteiger partial charge in [0.1, 0.15) is 0 Å². The predicted molar refractivity (Wildman–Crippen MR) is 89.3 cm³/mol. The van der Waals surface area contributed by atoms with E-state index in [2.05, 4.69) is 69.3 Å². The Morgan fingerprint density at radius 1 is 1.35 bits per heavy atom. The van der Waals surface area contributed by atoms with Gasteiger partial charge in [0.05, 0.1) is 0 Å². The SMILES string of the molecule is CC(C)C(c1cccs1)N1CC(C(C)(C)C)NCC1C. The fraction of sp³-hybridized carbons (Fsp3) is 0.765. The van der Waals surface area contributed by atoms with Crippen LogP contribution in [0.25, 0.3) is 0 Å². The molecule has 1 aromatic rings. The number of rotatable bonds is 3. The van der Waals surface area contributed by atoms with Crippen LogP contribution >= 0.6 is 11.3 Å². The van der Waals surface area contributed by atoms with Crippen molar-refractivity contribution in [2.75, 3.05) is 13.1 Å². The Morgan fingerprint density at radius 2 is 2.05 bits per heavy atom. The highest BCUT2D eigenvalue weighted by Crippen LogP contribution is 2.36. The molecular formula is C17H30N2S. The minimum atomic E-state index is 0.315. The molecule has 0 bridgehead atoms. The lowest BCUT2D eigenvalue weighted by Crippen LogP contribution is -2.60. The average Bonchev–Trinajstić information content (AvgIpc) is 2.83. The van der Waals surface area contributed by atoms with E-state index in [0.29, 0.717) is 29.5 Å². The molecule has 0 amide bonds. The number of nitrogens with zero attached hydrogens (tertiary/aromatic N) is 1. The molecule has 3 atom stereocenters. The number of piperazine rings is 1. The Balaban J connectivity index is 2.22. The van der Waals surface area contributed by atoms with Crippen LogP contribution in [0.5, 0.6) is 0 Å². The van der Waals surface area contributed by atoms with Crippen molar-refractivity contribution in [1.29, 1.82) is 0 Å². The van der Waals surface area contributed by atoms with Gasteiger partial charge in [-0.3, -0.25) is 4.90 Å². The van der Waals surface area contributed by atoms with E-state index in [9.17, 15) is 0 Å². The van der Waals surface area contributed by atoms with Gasteiger partial charge in [-0.1, -0.05) is 40.7 Å². The van der Waals surface area contributed by atoms with Gasteiger partial charge in [-0.15, -0.1) is 11.3 Å². The second-order valence-corrected chi connectivity index (χ2v) is 8.56. The molecule has 2 rings (SSSR count). The maximum Gasteiger partial charge on any atom is 0.0468 e. The Bertz CT molecular complexity index is 405. The zero-order valence-corrected chi connectivity index (χ0v) is 14.6. The zero-order valence-electron chi connectivity index (χ0n) is 13.8. The topological polar surface area (TPSA) is 15.3 Å². The van der Waals surface area contributed by atoms with E-state index in [-0.39, 0.29) is 0 Å². The minimum absolute atomic E-state index is 0.315. The second-order valence-electron chi connectivity index (χ2n) is 7.58. The van der Waals surface area contributed by atoms with Crippen molar-refractivity contribution in [2.45, 2.75) is 59.7 Å². The van der Waals surface area contributed by atoms with E-state index in [1.54, 1.807) is 0 Å². The molecule has 1 N–H and O–H groups in total. The molecule has 3 heteroatoms. The van der Waals surface area contributed by atoms with Crippen molar-refractivity contribution in [3.63, 3.8) is 0 Å². The van der Waals surface area contributed by atoms with Crippen LogP contribution in [-0.4, -0.2) is 30.1 Å². The molecule has 1 aliphatic heterocycles. The lowest BCUT2D eigenvalue weighted by molar-refractivity contribution is 0.0398. The number of nitrogens with one attached hydrogen (secondary N) is 1. The van der Waals surface area contributed by atoms with Gasteiger partial charge < -0.3 is 5.32 Å². The summed E-state index contributed by atoms with van der Waals surface area (Å²) in [5.74, 6) is 0.648. The standard InChI is InChI=1S/C17H30N2S/c1-12(2)16(14-8-7-9-20-14)19-11-15(17(4,5)6)18-10-13(19)3/h7-9,12-13,15-16,18H,10-11H2,1-6H3. The van der Waals surface area contributed by atoms with E-state index in [0.717, 1.165) is 13.1 Å². The summed E-state index contributed by atoms with van der Waals surface area (Å²) in [5.41, 5.74) is 0.315. The molecule has 20 heavy (non-hydrogen) atoms. The third-order valence-electron chi connectivity index (χ3n) is 4.49. The maximum absolute atomic E-state index is 3.74. The number of hydrogen-bond donors (Lipinski definition) is 1. The summed E-state index contributed by atoms with van der Waals surface area (Å²) in [6.45, 7) is 16.3. The van der Waals surface area contributed by atoms with Gasteiger partial charge in [-0.25, -0.2) is 0 Å². The molecule has 0 spiro atoms. The summed E-state index contributed by atoms with van der Waals surface area (Å²) >= 11 is 1.90. The van der Waals surface area contributed by atoms with Crippen LogP contribution in [0.4, 0.5) is 0 Å². The van der Waals surface area contributed by atoms with Gasteiger partial charge >= 0.3 is 0 Å². The van der Waals surface area contributed by atoms with Crippen molar-refractivity contribution in [3.05, 3.63) is 22.4 Å². The summed E-state index contributed by atoms with van der Waals surface area (Å²) in [5, 5.41) is 5.95. The molecular weight excluding hydrogens is 264 g/mol. The maximum atomic E-state index is 3.74. The molecule has 2 heterocycles. The van der Waals surface area contributed by atoms with E-state index in [4.69, 9.17) is 0 Å². The first-order chi connectivity index (χ1) is 9.30. The zero-order chi connectivity index (χ0) is 14.9. The molecule has 0 aliphatic carbocycles. The third-order valence-corrected chi connectivity index (χ3v) is 5.43. The van der Waals surface area contributed by atoms with Crippen LogP contribution in [0, 0.1) is 11.3 Å². The summed E-state index contributed by atoms with van der Waals surface area (Å²) < 4.78 is 0. The van der Waals surface area contributed by atoms with Gasteiger partial charge in [0.25, 0.3) is 0 Å². The lowest BCUT2D eigenvalue weighted by atomic mass is 9.83. The van der Waals surface area contributed by atoms with Crippen molar-refractivity contribution < 1.29 is 0 Å².